The lowest BCUT2D eigenvalue weighted by Crippen LogP contribution is -2.37. The van der Waals surface area contributed by atoms with Crippen molar-refractivity contribution in [3.63, 3.8) is 0 Å². The normalized spacial score (nSPS) is 18.3. The van der Waals surface area contributed by atoms with Gasteiger partial charge in [0.15, 0.2) is 0 Å². The van der Waals surface area contributed by atoms with Crippen LogP contribution in [0.1, 0.15) is 52.2 Å². The zero-order valence-electron chi connectivity index (χ0n) is 18.3. The van der Waals surface area contributed by atoms with Gasteiger partial charge in [0.25, 0.3) is 5.91 Å². The molecule has 1 fully saturated rings. The monoisotopic (exact) mass is 438 g/mol. The van der Waals surface area contributed by atoms with Gasteiger partial charge in [0.2, 0.25) is 5.91 Å². The molecular formula is C25H30N2O3S. The van der Waals surface area contributed by atoms with E-state index in [1.807, 2.05) is 47.9 Å². The summed E-state index contributed by atoms with van der Waals surface area (Å²) in [6.45, 7) is 3.55. The number of thioether (sulfide) groups is 1. The summed E-state index contributed by atoms with van der Waals surface area (Å²) in [5, 5.41) is 3.06. The maximum Gasteiger partial charge on any atom is 0.253 e. The van der Waals surface area contributed by atoms with Crippen molar-refractivity contribution in [3.05, 3.63) is 58.7 Å². The van der Waals surface area contributed by atoms with E-state index in [1.165, 1.54) is 11.1 Å². The number of carbonyl (C=O) groups is 2. The summed E-state index contributed by atoms with van der Waals surface area (Å²) in [6, 6.07) is 11.8. The molecule has 0 bridgehead atoms. The van der Waals surface area contributed by atoms with E-state index in [2.05, 4.69) is 17.4 Å². The highest BCUT2D eigenvalue weighted by Gasteiger charge is 2.24. The van der Waals surface area contributed by atoms with Gasteiger partial charge >= 0.3 is 0 Å². The van der Waals surface area contributed by atoms with E-state index in [0.29, 0.717) is 12.0 Å². The average Bonchev–Trinajstić information content (AvgIpc) is 2.80. The van der Waals surface area contributed by atoms with Gasteiger partial charge in [0.05, 0.1) is 7.11 Å². The molecule has 0 radical (unpaired) electrons. The number of rotatable bonds is 5. The lowest BCUT2D eigenvalue weighted by atomic mass is 9.81. The molecule has 31 heavy (non-hydrogen) atoms. The maximum absolute atomic E-state index is 12.8. The number of ether oxygens (including phenoxy) is 1. The molecule has 0 saturated carbocycles. The number of benzene rings is 2. The van der Waals surface area contributed by atoms with E-state index in [-0.39, 0.29) is 17.7 Å². The van der Waals surface area contributed by atoms with Crippen LogP contribution in [0.4, 0.5) is 5.69 Å². The Morgan fingerprint density at radius 2 is 1.97 bits per heavy atom. The van der Waals surface area contributed by atoms with Crippen LogP contribution in [-0.4, -0.2) is 48.4 Å². The summed E-state index contributed by atoms with van der Waals surface area (Å²) in [4.78, 5) is 27.5. The molecule has 0 spiro atoms. The third kappa shape index (κ3) is 5.06. The third-order valence-electron chi connectivity index (χ3n) is 6.27. The molecule has 1 atom stereocenters. The summed E-state index contributed by atoms with van der Waals surface area (Å²) >= 11 is 1.89. The summed E-state index contributed by atoms with van der Waals surface area (Å²) in [6.07, 6.45) is 3.61. The molecule has 1 aliphatic heterocycles. The molecule has 1 aliphatic carbocycles. The highest BCUT2D eigenvalue weighted by Crippen LogP contribution is 2.36. The number of hydrogen-bond donors (Lipinski definition) is 1. The van der Waals surface area contributed by atoms with Crippen molar-refractivity contribution in [1.29, 1.82) is 0 Å². The van der Waals surface area contributed by atoms with Crippen molar-refractivity contribution in [2.75, 3.05) is 37.0 Å². The number of aryl methyl sites for hydroxylation is 2. The first-order valence-electron chi connectivity index (χ1n) is 11.0. The van der Waals surface area contributed by atoms with Crippen molar-refractivity contribution in [1.82, 2.24) is 4.90 Å². The molecule has 6 heteroatoms. The van der Waals surface area contributed by atoms with Gasteiger partial charge in [-0.25, -0.2) is 0 Å². The second-order valence-electron chi connectivity index (χ2n) is 8.34. The Labute approximate surface area is 188 Å². The first-order chi connectivity index (χ1) is 15.0. The quantitative estimate of drug-likeness (QED) is 0.739. The summed E-state index contributed by atoms with van der Waals surface area (Å²) in [7, 11) is 1.68. The average molecular weight is 439 g/mol. The fourth-order valence-corrected chi connectivity index (χ4v) is 5.44. The van der Waals surface area contributed by atoms with Crippen molar-refractivity contribution < 1.29 is 14.3 Å². The minimum atomic E-state index is 0.0175. The molecule has 2 aromatic carbocycles. The number of nitrogens with zero attached hydrogens (tertiary/aromatic N) is 1. The van der Waals surface area contributed by atoms with Crippen LogP contribution in [0.5, 0.6) is 5.75 Å². The number of methoxy groups -OCH3 is 1. The molecule has 2 aromatic rings. The number of hydrogen-bond acceptors (Lipinski definition) is 4. The lowest BCUT2D eigenvalue weighted by molar-refractivity contribution is -0.116. The minimum Gasteiger partial charge on any atom is -0.497 e. The van der Waals surface area contributed by atoms with Gasteiger partial charge in [-0.05, 0) is 79.1 Å². The van der Waals surface area contributed by atoms with Gasteiger partial charge in [-0.2, -0.15) is 11.8 Å². The van der Waals surface area contributed by atoms with E-state index >= 15 is 0 Å². The molecule has 1 saturated heterocycles. The zero-order valence-corrected chi connectivity index (χ0v) is 19.1. The van der Waals surface area contributed by atoms with Gasteiger partial charge in [0, 0.05) is 42.3 Å². The van der Waals surface area contributed by atoms with Crippen molar-refractivity contribution in [3.8, 4) is 5.75 Å². The van der Waals surface area contributed by atoms with E-state index < -0.39 is 0 Å². The SMILES string of the molecule is COc1ccc2c(c1)CCCC2CC(=O)Nc1ccc(C(=O)N2CCSCC2)cc1C. The molecule has 4 rings (SSSR count). The first-order valence-corrected chi connectivity index (χ1v) is 12.1. The number of fused-ring (bicyclic) bond motifs is 1. The Morgan fingerprint density at radius 1 is 1.16 bits per heavy atom. The van der Waals surface area contributed by atoms with Crippen LogP contribution in [0.3, 0.4) is 0 Å². The van der Waals surface area contributed by atoms with Crippen LogP contribution in [-0.2, 0) is 11.2 Å². The molecule has 2 aliphatic rings. The number of anilines is 1. The lowest BCUT2D eigenvalue weighted by Gasteiger charge is -2.27. The highest BCUT2D eigenvalue weighted by molar-refractivity contribution is 7.99. The third-order valence-corrected chi connectivity index (χ3v) is 7.21. The Balaban J connectivity index is 1.41. The Hall–Kier alpha value is -2.47. The topological polar surface area (TPSA) is 58.6 Å². The molecule has 1 heterocycles. The van der Waals surface area contributed by atoms with Gasteiger partial charge in [-0.15, -0.1) is 0 Å². The Kier molecular flexibility index (Phi) is 6.86. The van der Waals surface area contributed by atoms with E-state index in [9.17, 15) is 9.59 Å². The number of carbonyl (C=O) groups excluding carboxylic acids is 2. The summed E-state index contributed by atoms with van der Waals surface area (Å²) in [5.41, 5.74) is 4.94. The largest absolute Gasteiger partial charge is 0.497 e. The van der Waals surface area contributed by atoms with Crippen LogP contribution in [0.15, 0.2) is 36.4 Å². The molecular weight excluding hydrogens is 408 g/mol. The maximum atomic E-state index is 12.8. The molecule has 1 N–H and O–H groups in total. The second kappa shape index (κ2) is 9.77. The van der Waals surface area contributed by atoms with Gasteiger partial charge < -0.3 is 15.0 Å². The van der Waals surface area contributed by atoms with Gasteiger partial charge in [-0.1, -0.05) is 6.07 Å². The Bertz CT molecular complexity index is 969. The minimum absolute atomic E-state index is 0.0175. The fraction of sp³-hybridized carbons (Fsp3) is 0.440. The molecule has 5 nitrogen and oxygen atoms in total. The predicted molar refractivity (Wildman–Crippen MR) is 126 cm³/mol. The first kappa shape index (κ1) is 21.8. The van der Waals surface area contributed by atoms with E-state index in [0.717, 1.165) is 60.9 Å². The summed E-state index contributed by atoms with van der Waals surface area (Å²) in [5.74, 6) is 3.19. The molecule has 1 unspecified atom stereocenters. The van der Waals surface area contributed by atoms with Crippen molar-refractivity contribution in [2.24, 2.45) is 0 Å². The number of nitrogens with one attached hydrogen (secondary N) is 1. The van der Waals surface area contributed by atoms with E-state index in [1.54, 1.807) is 7.11 Å². The molecule has 2 amide bonds. The zero-order chi connectivity index (χ0) is 21.8. The standard InChI is InChI=1S/C25H30N2O3S/c1-17-14-20(25(29)27-10-12-31-13-11-27)6-9-23(17)26-24(28)16-19-5-3-4-18-15-21(30-2)7-8-22(18)19/h6-9,14-15,19H,3-5,10-13,16H2,1-2H3,(H,26,28). The number of amides is 2. The highest BCUT2D eigenvalue weighted by atomic mass is 32.2. The Morgan fingerprint density at radius 3 is 2.71 bits per heavy atom. The van der Waals surface area contributed by atoms with Crippen LogP contribution in [0.2, 0.25) is 0 Å². The van der Waals surface area contributed by atoms with Gasteiger partial charge in [0.1, 0.15) is 5.75 Å². The molecule has 0 aromatic heterocycles. The summed E-state index contributed by atoms with van der Waals surface area (Å²) < 4.78 is 5.35. The van der Waals surface area contributed by atoms with Crippen molar-refractivity contribution in [2.45, 2.75) is 38.5 Å². The van der Waals surface area contributed by atoms with Gasteiger partial charge in [-0.3, -0.25) is 9.59 Å². The second-order valence-corrected chi connectivity index (χ2v) is 9.57. The smallest absolute Gasteiger partial charge is 0.253 e. The van der Waals surface area contributed by atoms with Crippen LogP contribution >= 0.6 is 11.8 Å². The van der Waals surface area contributed by atoms with Crippen LogP contribution < -0.4 is 10.1 Å². The van der Waals surface area contributed by atoms with Crippen LogP contribution in [0, 0.1) is 6.92 Å². The predicted octanol–water partition coefficient (Wildman–Crippen LogP) is 4.64. The van der Waals surface area contributed by atoms with Crippen molar-refractivity contribution >= 4 is 29.3 Å². The fourth-order valence-electron chi connectivity index (χ4n) is 4.54. The molecule has 164 valence electrons. The van der Waals surface area contributed by atoms with Crippen LogP contribution in [0.25, 0.3) is 0 Å². The van der Waals surface area contributed by atoms with E-state index in [4.69, 9.17) is 4.74 Å².